The lowest BCUT2D eigenvalue weighted by Gasteiger charge is -2.39. The average molecular weight is 177 g/mol. The molecule has 12 heavy (non-hydrogen) atoms. The quantitative estimate of drug-likeness (QED) is 0.372. The van der Waals surface area contributed by atoms with Crippen LogP contribution in [0.5, 0.6) is 0 Å². The van der Waals surface area contributed by atoms with Gasteiger partial charge in [-0.15, -0.1) is 0 Å². The topological polar surface area (TPSA) is 95.9 Å². The van der Waals surface area contributed by atoms with Crippen LogP contribution in [0.1, 0.15) is 6.92 Å². The Morgan fingerprint density at radius 2 is 2.00 bits per heavy atom. The van der Waals surface area contributed by atoms with Crippen LogP contribution in [-0.2, 0) is 4.74 Å². The molecule has 0 saturated carbocycles. The van der Waals surface area contributed by atoms with Gasteiger partial charge in [-0.3, -0.25) is 0 Å². The summed E-state index contributed by atoms with van der Waals surface area (Å²) in [6.45, 7) is 1.40. The van der Waals surface area contributed by atoms with E-state index in [9.17, 15) is 10.2 Å². The Morgan fingerprint density at radius 3 is 2.50 bits per heavy atom. The number of hydrogen-bond donors (Lipinski definition) is 4. The van der Waals surface area contributed by atoms with Crippen LogP contribution in [0.3, 0.4) is 0 Å². The van der Waals surface area contributed by atoms with Crippen LogP contribution in [0, 0.1) is 5.92 Å². The van der Waals surface area contributed by atoms with Crippen LogP contribution >= 0.6 is 0 Å². The standard InChI is InChI=1S/C7H15NO4/c1-3-5(8)7(11)12-4(2-9)6(3)10/h3-7,9-11H,2,8H2,1H3/t3-,4+,5+,6-,7-/m0/s1. The third-order valence-electron chi connectivity index (χ3n) is 2.35. The summed E-state index contributed by atoms with van der Waals surface area (Å²) < 4.78 is 4.86. The predicted octanol–water partition coefficient (Wildman–Crippen LogP) is -1.98. The molecule has 0 aromatic carbocycles. The average Bonchev–Trinajstić information content (AvgIpc) is 2.08. The molecule has 1 saturated heterocycles. The van der Waals surface area contributed by atoms with Gasteiger partial charge in [-0.25, -0.2) is 0 Å². The van der Waals surface area contributed by atoms with Crippen molar-refractivity contribution in [2.45, 2.75) is 31.5 Å². The minimum Gasteiger partial charge on any atom is -0.394 e. The van der Waals surface area contributed by atoms with Gasteiger partial charge in [0.1, 0.15) is 6.10 Å². The van der Waals surface area contributed by atoms with Crippen LogP contribution in [0.2, 0.25) is 0 Å². The van der Waals surface area contributed by atoms with Crippen LogP contribution in [0.15, 0.2) is 0 Å². The SMILES string of the molecule is C[C@H]1[C@@H](N)[C@@H](O)O[C@H](CO)[C@H]1O. The molecule has 1 heterocycles. The minimum atomic E-state index is -1.10. The third kappa shape index (κ3) is 1.60. The molecule has 0 spiro atoms. The Hall–Kier alpha value is -0.200. The molecule has 1 aliphatic rings. The van der Waals surface area contributed by atoms with Crippen molar-refractivity contribution >= 4 is 0 Å². The largest absolute Gasteiger partial charge is 0.394 e. The maximum Gasteiger partial charge on any atom is 0.170 e. The van der Waals surface area contributed by atoms with E-state index in [2.05, 4.69) is 0 Å². The van der Waals surface area contributed by atoms with E-state index in [0.29, 0.717) is 0 Å². The van der Waals surface area contributed by atoms with Crippen molar-refractivity contribution in [3.05, 3.63) is 0 Å². The molecule has 5 heteroatoms. The van der Waals surface area contributed by atoms with Gasteiger partial charge in [0.15, 0.2) is 6.29 Å². The van der Waals surface area contributed by atoms with Crippen molar-refractivity contribution in [1.29, 1.82) is 0 Å². The summed E-state index contributed by atoms with van der Waals surface area (Å²) in [5, 5.41) is 27.4. The van der Waals surface area contributed by atoms with Gasteiger partial charge in [0.25, 0.3) is 0 Å². The van der Waals surface area contributed by atoms with Crippen molar-refractivity contribution in [1.82, 2.24) is 0 Å². The van der Waals surface area contributed by atoms with Gasteiger partial charge in [0.05, 0.1) is 18.8 Å². The second-order valence-corrected chi connectivity index (χ2v) is 3.17. The molecule has 5 N–H and O–H groups in total. The second kappa shape index (κ2) is 3.68. The highest BCUT2D eigenvalue weighted by Crippen LogP contribution is 2.22. The van der Waals surface area contributed by atoms with Crippen LogP contribution < -0.4 is 5.73 Å². The molecule has 0 aromatic heterocycles. The molecule has 0 bridgehead atoms. The number of ether oxygens (including phenoxy) is 1. The predicted molar refractivity (Wildman–Crippen MR) is 41.1 cm³/mol. The number of nitrogens with two attached hydrogens (primary N) is 1. The van der Waals surface area contributed by atoms with Crippen molar-refractivity contribution in [2.24, 2.45) is 11.7 Å². The second-order valence-electron chi connectivity index (χ2n) is 3.17. The Bertz CT molecular complexity index is 150. The molecular formula is C7H15NO4. The van der Waals surface area contributed by atoms with E-state index < -0.39 is 24.5 Å². The zero-order valence-corrected chi connectivity index (χ0v) is 6.92. The first-order chi connectivity index (χ1) is 5.57. The van der Waals surface area contributed by atoms with E-state index in [1.54, 1.807) is 6.92 Å². The first kappa shape index (κ1) is 9.88. The van der Waals surface area contributed by atoms with Gasteiger partial charge in [-0.1, -0.05) is 6.92 Å². The Kier molecular flexibility index (Phi) is 3.03. The van der Waals surface area contributed by atoms with Gasteiger partial charge >= 0.3 is 0 Å². The minimum absolute atomic E-state index is 0.272. The number of aliphatic hydroxyl groups is 3. The molecule has 0 radical (unpaired) electrons. The summed E-state index contributed by atoms with van der Waals surface area (Å²) in [6.07, 6.45) is -2.64. The van der Waals surface area contributed by atoms with Crippen molar-refractivity contribution < 1.29 is 20.1 Å². The van der Waals surface area contributed by atoms with E-state index >= 15 is 0 Å². The first-order valence-electron chi connectivity index (χ1n) is 3.96. The maximum absolute atomic E-state index is 9.45. The monoisotopic (exact) mass is 177 g/mol. The van der Waals surface area contributed by atoms with E-state index in [4.69, 9.17) is 15.6 Å². The molecule has 1 rings (SSSR count). The normalized spacial score (nSPS) is 49.2. The lowest BCUT2D eigenvalue weighted by Crippen LogP contribution is -2.57. The van der Waals surface area contributed by atoms with Gasteiger partial charge in [0, 0.05) is 5.92 Å². The van der Waals surface area contributed by atoms with Gasteiger partial charge < -0.3 is 25.8 Å². The fraction of sp³-hybridized carbons (Fsp3) is 1.00. The summed E-state index contributed by atoms with van der Waals surface area (Å²) in [5.74, 6) is -0.272. The van der Waals surface area contributed by atoms with E-state index in [0.717, 1.165) is 0 Å². The molecule has 5 nitrogen and oxygen atoms in total. The summed E-state index contributed by atoms with van der Waals surface area (Å²) >= 11 is 0. The zero-order valence-electron chi connectivity index (χ0n) is 6.92. The number of hydrogen-bond acceptors (Lipinski definition) is 5. The highest BCUT2D eigenvalue weighted by Gasteiger charge is 2.39. The van der Waals surface area contributed by atoms with Crippen LogP contribution in [0.4, 0.5) is 0 Å². The van der Waals surface area contributed by atoms with Gasteiger partial charge in [-0.05, 0) is 0 Å². The number of aliphatic hydroxyl groups excluding tert-OH is 3. The first-order valence-corrected chi connectivity index (χ1v) is 3.96. The number of rotatable bonds is 1. The Balaban J connectivity index is 2.63. The highest BCUT2D eigenvalue weighted by molar-refractivity contribution is 4.87. The lowest BCUT2D eigenvalue weighted by molar-refractivity contribution is -0.233. The highest BCUT2D eigenvalue weighted by atomic mass is 16.6. The Morgan fingerprint density at radius 1 is 1.42 bits per heavy atom. The molecule has 72 valence electrons. The molecular weight excluding hydrogens is 162 g/mol. The summed E-state index contributed by atoms with van der Waals surface area (Å²) in [5.41, 5.74) is 5.51. The van der Waals surface area contributed by atoms with Crippen molar-refractivity contribution in [3.63, 3.8) is 0 Å². The van der Waals surface area contributed by atoms with E-state index in [1.165, 1.54) is 0 Å². The molecule has 0 unspecified atom stereocenters. The van der Waals surface area contributed by atoms with Crippen molar-refractivity contribution in [2.75, 3.05) is 6.61 Å². The molecule has 0 amide bonds. The van der Waals surface area contributed by atoms with Gasteiger partial charge in [-0.2, -0.15) is 0 Å². The summed E-state index contributed by atoms with van der Waals surface area (Å²) in [4.78, 5) is 0. The molecule has 1 fully saturated rings. The van der Waals surface area contributed by atoms with Gasteiger partial charge in [0.2, 0.25) is 0 Å². The maximum atomic E-state index is 9.45. The molecule has 0 aromatic rings. The lowest BCUT2D eigenvalue weighted by atomic mass is 9.90. The third-order valence-corrected chi connectivity index (χ3v) is 2.35. The smallest absolute Gasteiger partial charge is 0.170 e. The fourth-order valence-electron chi connectivity index (χ4n) is 1.33. The summed E-state index contributed by atoms with van der Waals surface area (Å²) in [7, 11) is 0. The van der Waals surface area contributed by atoms with Crippen molar-refractivity contribution in [3.8, 4) is 0 Å². The molecule has 5 atom stereocenters. The fourth-order valence-corrected chi connectivity index (χ4v) is 1.33. The van der Waals surface area contributed by atoms with Crippen LogP contribution in [0.25, 0.3) is 0 Å². The summed E-state index contributed by atoms with van der Waals surface area (Å²) in [6, 6.07) is -0.595. The van der Waals surface area contributed by atoms with Crippen LogP contribution in [-0.4, -0.2) is 46.5 Å². The Labute approximate surface area is 70.8 Å². The van der Waals surface area contributed by atoms with E-state index in [1.807, 2.05) is 0 Å². The molecule has 1 aliphatic heterocycles. The zero-order chi connectivity index (χ0) is 9.30. The molecule has 0 aliphatic carbocycles. The van der Waals surface area contributed by atoms with E-state index in [-0.39, 0.29) is 12.5 Å².